The van der Waals surface area contributed by atoms with Crippen LogP contribution in [0.2, 0.25) is 0 Å². The van der Waals surface area contributed by atoms with Gasteiger partial charge in [0.25, 0.3) is 5.91 Å². The summed E-state index contributed by atoms with van der Waals surface area (Å²) in [5.41, 5.74) is 5.98. The fourth-order valence-electron chi connectivity index (χ4n) is 3.10. The lowest BCUT2D eigenvalue weighted by atomic mass is 10.1. The van der Waals surface area contributed by atoms with Crippen LogP contribution in [0.3, 0.4) is 0 Å². The number of aryl methyl sites for hydroxylation is 3. The highest BCUT2D eigenvalue weighted by Gasteiger charge is 2.13. The topological polar surface area (TPSA) is 68.7 Å². The Bertz CT molecular complexity index is 1050. The fraction of sp³-hybridized carbons (Fsp3) is 0.182. The Labute approximate surface area is 153 Å². The number of nitriles is 1. The molecule has 1 amide bonds. The highest BCUT2D eigenvalue weighted by molar-refractivity contribution is 6.11. The zero-order valence-corrected chi connectivity index (χ0v) is 15.2. The van der Waals surface area contributed by atoms with Gasteiger partial charge in [-0.15, -0.1) is 0 Å². The molecule has 2 N–H and O–H groups in total. The molecule has 1 heterocycles. The van der Waals surface area contributed by atoms with Crippen molar-refractivity contribution in [3.8, 4) is 6.07 Å². The molecular formula is C22H21N3O. The monoisotopic (exact) mass is 343 g/mol. The Morgan fingerprint density at radius 1 is 1.27 bits per heavy atom. The van der Waals surface area contributed by atoms with Gasteiger partial charge in [0, 0.05) is 28.4 Å². The maximum absolute atomic E-state index is 12.6. The van der Waals surface area contributed by atoms with Gasteiger partial charge in [0.1, 0.15) is 11.6 Å². The van der Waals surface area contributed by atoms with Crippen molar-refractivity contribution in [3.63, 3.8) is 0 Å². The number of carbonyl (C=O) groups is 1. The third kappa shape index (κ3) is 3.38. The predicted molar refractivity (Wildman–Crippen MR) is 106 cm³/mol. The first-order valence-corrected chi connectivity index (χ1v) is 8.63. The summed E-state index contributed by atoms with van der Waals surface area (Å²) in [5, 5.41) is 13.3. The Morgan fingerprint density at radius 3 is 2.77 bits per heavy atom. The number of aromatic amines is 1. The van der Waals surface area contributed by atoms with Crippen molar-refractivity contribution in [2.45, 2.75) is 27.2 Å². The smallest absolute Gasteiger partial charge is 0.266 e. The average Bonchev–Trinajstić information content (AvgIpc) is 3.04. The molecule has 0 aliphatic heterocycles. The van der Waals surface area contributed by atoms with Crippen molar-refractivity contribution in [1.82, 2.24) is 4.98 Å². The molecule has 0 aliphatic carbocycles. The van der Waals surface area contributed by atoms with Crippen molar-refractivity contribution in [3.05, 3.63) is 70.4 Å². The van der Waals surface area contributed by atoms with Gasteiger partial charge < -0.3 is 10.3 Å². The number of nitrogens with one attached hydrogen (secondary N) is 2. The number of hydrogen-bond acceptors (Lipinski definition) is 2. The highest BCUT2D eigenvalue weighted by atomic mass is 16.1. The van der Waals surface area contributed by atoms with E-state index in [-0.39, 0.29) is 5.57 Å². The summed E-state index contributed by atoms with van der Waals surface area (Å²) in [7, 11) is 0. The average molecular weight is 343 g/mol. The number of amides is 1. The van der Waals surface area contributed by atoms with E-state index >= 15 is 0 Å². The van der Waals surface area contributed by atoms with E-state index in [1.54, 1.807) is 6.08 Å². The standard InChI is InChI=1S/C22H21N3O/c1-4-16-6-5-7-19-18(13-24-21(16)19)11-17(12-23)22(26)25-20-9-8-14(2)10-15(20)3/h5-11,13,24H,4H2,1-3H3,(H,25,26)/b17-11+. The lowest BCUT2D eigenvalue weighted by Gasteiger charge is -2.08. The third-order valence-electron chi connectivity index (χ3n) is 4.51. The Kier molecular flexibility index (Phi) is 4.90. The van der Waals surface area contributed by atoms with Gasteiger partial charge in [0.15, 0.2) is 0 Å². The van der Waals surface area contributed by atoms with E-state index in [1.807, 2.05) is 56.4 Å². The number of para-hydroxylation sites is 1. The van der Waals surface area contributed by atoms with Gasteiger partial charge in [-0.1, -0.05) is 42.8 Å². The second kappa shape index (κ2) is 7.28. The molecule has 2 aromatic carbocycles. The van der Waals surface area contributed by atoms with Gasteiger partial charge in [-0.05, 0) is 43.5 Å². The van der Waals surface area contributed by atoms with Crippen molar-refractivity contribution in [2.24, 2.45) is 0 Å². The molecule has 26 heavy (non-hydrogen) atoms. The molecule has 0 bridgehead atoms. The van der Waals surface area contributed by atoms with Gasteiger partial charge in [-0.2, -0.15) is 5.26 Å². The fourth-order valence-corrected chi connectivity index (χ4v) is 3.10. The van der Waals surface area contributed by atoms with Gasteiger partial charge in [0.2, 0.25) is 0 Å². The van der Waals surface area contributed by atoms with E-state index in [0.29, 0.717) is 5.69 Å². The first kappa shape index (κ1) is 17.5. The summed E-state index contributed by atoms with van der Waals surface area (Å²) in [6, 6.07) is 13.9. The molecule has 0 radical (unpaired) electrons. The molecule has 0 fully saturated rings. The van der Waals surface area contributed by atoms with Crippen LogP contribution < -0.4 is 5.32 Å². The quantitative estimate of drug-likeness (QED) is 0.523. The van der Waals surface area contributed by atoms with Crippen LogP contribution in [0.5, 0.6) is 0 Å². The number of anilines is 1. The van der Waals surface area contributed by atoms with E-state index in [4.69, 9.17) is 0 Å². The van der Waals surface area contributed by atoms with E-state index in [9.17, 15) is 10.1 Å². The molecule has 0 aliphatic rings. The van der Waals surface area contributed by atoms with Crippen LogP contribution in [0.1, 0.15) is 29.2 Å². The molecule has 0 saturated carbocycles. The zero-order chi connectivity index (χ0) is 18.7. The number of carbonyl (C=O) groups excluding carboxylic acids is 1. The molecule has 0 spiro atoms. The first-order valence-electron chi connectivity index (χ1n) is 8.63. The summed E-state index contributed by atoms with van der Waals surface area (Å²) in [5.74, 6) is -0.402. The minimum absolute atomic E-state index is 0.0766. The van der Waals surface area contributed by atoms with Crippen LogP contribution in [0.4, 0.5) is 5.69 Å². The minimum atomic E-state index is -0.402. The predicted octanol–water partition coefficient (Wildman–Crippen LogP) is 4.89. The maximum Gasteiger partial charge on any atom is 0.266 e. The number of hydrogen-bond donors (Lipinski definition) is 2. The van der Waals surface area contributed by atoms with Crippen molar-refractivity contribution in [1.29, 1.82) is 5.26 Å². The lowest BCUT2D eigenvalue weighted by Crippen LogP contribution is -2.14. The van der Waals surface area contributed by atoms with Crippen LogP contribution in [0.25, 0.3) is 17.0 Å². The third-order valence-corrected chi connectivity index (χ3v) is 4.51. The molecule has 3 rings (SSSR count). The number of fused-ring (bicyclic) bond motifs is 1. The van der Waals surface area contributed by atoms with Gasteiger partial charge in [-0.25, -0.2) is 0 Å². The van der Waals surface area contributed by atoms with Gasteiger partial charge in [-0.3, -0.25) is 4.79 Å². The number of H-pyrrole nitrogens is 1. The summed E-state index contributed by atoms with van der Waals surface area (Å²) in [6.45, 7) is 6.04. The SMILES string of the molecule is CCc1cccc2c(/C=C(\C#N)C(=O)Nc3ccc(C)cc3C)c[nH]c12. The molecule has 3 aromatic rings. The molecule has 4 heteroatoms. The van der Waals surface area contributed by atoms with Crippen LogP contribution in [0.15, 0.2) is 48.2 Å². The Morgan fingerprint density at radius 2 is 2.08 bits per heavy atom. The summed E-state index contributed by atoms with van der Waals surface area (Å²) < 4.78 is 0. The zero-order valence-electron chi connectivity index (χ0n) is 15.2. The summed E-state index contributed by atoms with van der Waals surface area (Å²) in [4.78, 5) is 15.8. The van der Waals surface area contributed by atoms with E-state index in [1.165, 1.54) is 5.56 Å². The maximum atomic E-state index is 12.6. The Hall–Kier alpha value is -3.32. The summed E-state index contributed by atoms with van der Waals surface area (Å²) in [6.07, 6.45) is 4.39. The van der Waals surface area contributed by atoms with Crippen molar-refractivity contribution in [2.75, 3.05) is 5.32 Å². The van der Waals surface area contributed by atoms with Crippen molar-refractivity contribution < 1.29 is 4.79 Å². The van der Waals surface area contributed by atoms with Gasteiger partial charge >= 0.3 is 0 Å². The lowest BCUT2D eigenvalue weighted by molar-refractivity contribution is -0.112. The Balaban J connectivity index is 1.93. The van der Waals surface area contributed by atoms with E-state index < -0.39 is 5.91 Å². The molecule has 0 saturated heterocycles. The highest BCUT2D eigenvalue weighted by Crippen LogP contribution is 2.24. The van der Waals surface area contributed by atoms with Crippen LogP contribution in [-0.2, 0) is 11.2 Å². The van der Waals surface area contributed by atoms with E-state index in [2.05, 4.69) is 23.3 Å². The van der Waals surface area contributed by atoms with Crippen molar-refractivity contribution >= 4 is 28.6 Å². The molecule has 0 unspecified atom stereocenters. The van der Waals surface area contributed by atoms with E-state index in [0.717, 1.165) is 34.0 Å². The number of benzene rings is 2. The van der Waals surface area contributed by atoms with Crippen LogP contribution >= 0.6 is 0 Å². The van der Waals surface area contributed by atoms with Crippen LogP contribution in [0, 0.1) is 25.2 Å². The molecule has 130 valence electrons. The number of rotatable bonds is 4. The van der Waals surface area contributed by atoms with Crippen LogP contribution in [-0.4, -0.2) is 10.9 Å². The summed E-state index contributed by atoms with van der Waals surface area (Å²) >= 11 is 0. The second-order valence-corrected chi connectivity index (χ2v) is 6.38. The van der Waals surface area contributed by atoms with Gasteiger partial charge in [0.05, 0.1) is 0 Å². The second-order valence-electron chi connectivity index (χ2n) is 6.38. The molecule has 4 nitrogen and oxygen atoms in total. The molecule has 1 aromatic heterocycles. The number of aromatic nitrogens is 1. The first-order chi connectivity index (χ1) is 12.5. The largest absolute Gasteiger partial charge is 0.360 e. The minimum Gasteiger partial charge on any atom is -0.360 e. The number of nitrogens with zero attached hydrogens (tertiary/aromatic N) is 1. The normalized spacial score (nSPS) is 11.4. The molecule has 0 atom stereocenters. The molecular weight excluding hydrogens is 322 g/mol.